The Bertz CT molecular complexity index is 644. The van der Waals surface area contributed by atoms with Crippen LogP contribution in [-0.2, 0) is 4.79 Å². The molecule has 23 heavy (non-hydrogen) atoms. The van der Waals surface area contributed by atoms with Crippen molar-refractivity contribution in [1.29, 1.82) is 0 Å². The monoisotopic (exact) mass is 314 g/mol. The number of anilines is 1. The van der Waals surface area contributed by atoms with Gasteiger partial charge in [0.1, 0.15) is 11.5 Å². The van der Waals surface area contributed by atoms with Crippen LogP contribution in [-0.4, -0.2) is 26.7 Å². The highest BCUT2D eigenvalue weighted by atomic mass is 16.5. The predicted octanol–water partition coefficient (Wildman–Crippen LogP) is 2.99. The summed E-state index contributed by atoms with van der Waals surface area (Å²) in [6.45, 7) is 2.24. The lowest BCUT2D eigenvalue weighted by Crippen LogP contribution is -2.30. The van der Waals surface area contributed by atoms with Gasteiger partial charge in [-0.1, -0.05) is 30.3 Å². The number of methoxy groups -OCH3 is 2. The average molecular weight is 314 g/mol. The van der Waals surface area contributed by atoms with Crippen molar-refractivity contribution in [1.82, 2.24) is 5.32 Å². The molecule has 0 unspecified atom stereocenters. The molecule has 0 aliphatic rings. The molecule has 0 aromatic heterocycles. The molecular formula is C18H22N2O3. The molecule has 0 heterocycles. The summed E-state index contributed by atoms with van der Waals surface area (Å²) in [5.74, 6) is 1.11. The number of amides is 1. The second kappa shape index (κ2) is 8.19. The minimum Gasteiger partial charge on any atom is -0.497 e. The third kappa shape index (κ3) is 4.72. The van der Waals surface area contributed by atoms with Crippen LogP contribution in [0.2, 0.25) is 0 Å². The Morgan fingerprint density at radius 2 is 1.83 bits per heavy atom. The maximum Gasteiger partial charge on any atom is 0.238 e. The summed E-state index contributed by atoms with van der Waals surface area (Å²) in [5.41, 5.74) is 1.76. The van der Waals surface area contributed by atoms with E-state index in [-0.39, 0.29) is 18.5 Å². The van der Waals surface area contributed by atoms with Gasteiger partial charge in [-0.15, -0.1) is 0 Å². The van der Waals surface area contributed by atoms with Gasteiger partial charge in [-0.3, -0.25) is 4.79 Å². The van der Waals surface area contributed by atoms with Crippen molar-refractivity contribution >= 4 is 11.6 Å². The zero-order chi connectivity index (χ0) is 16.7. The van der Waals surface area contributed by atoms with Gasteiger partial charge < -0.3 is 20.1 Å². The Kier molecular flexibility index (Phi) is 6.00. The lowest BCUT2D eigenvalue weighted by molar-refractivity contribution is -0.115. The molecular weight excluding hydrogens is 292 g/mol. The van der Waals surface area contributed by atoms with Crippen LogP contribution in [0.25, 0.3) is 0 Å². The van der Waals surface area contributed by atoms with Crippen molar-refractivity contribution in [2.24, 2.45) is 0 Å². The maximum atomic E-state index is 12.1. The van der Waals surface area contributed by atoms with Gasteiger partial charge in [-0.05, 0) is 24.6 Å². The topological polar surface area (TPSA) is 59.6 Å². The molecule has 1 amide bonds. The molecule has 2 rings (SSSR count). The molecule has 5 heteroatoms. The fourth-order valence-electron chi connectivity index (χ4n) is 2.20. The molecule has 122 valence electrons. The molecule has 0 fully saturated rings. The lowest BCUT2D eigenvalue weighted by atomic mass is 10.1. The smallest absolute Gasteiger partial charge is 0.238 e. The number of carbonyl (C=O) groups excluding carboxylic acids is 1. The van der Waals surface area contributed by atoms with E-state index in [0.717, 1.165) is 5.56 Å². The van der Waals surface area contributed by atoms with E-state index in [0.29, 0.717) is 17.2 Å². The van der Waals surface area contributed by atoms with E-state index in [1.165, 1.54) is 0 Å². The van der Waals surface area contributed by atoms with Gasteiger partial charge in [-0.25, -0.2) is 0 Å². The van der Waals surface area contributed by atoms with Gasteiger partial charge in [0.25, 0.3) is 0 Å². The summed E-state index contributed by atoms with van der Waals surface area (Å²) >= 11 is 0. The Morgan fingerprint density at radius 3 is 2.48 bits per heavy atom. The predicted molar refractivity (Wildman–Crippen MR) is 91.0 cm³/mol. The first kappa shape index (κ1) is 16.8. The Labute approximate surface area is 136 Å². The summed E-state index contributed by atoms with van der Waals surface area (Å²) in [6.07, 6.45) is 0. The fraction of sp³-hybridized carbons (Fsp3) is 0.278. The minimum absolute atomic E-state index is 0.0970. The highest BCUT2D eigenvalue weighted by Crippen LogP contribution is 2.28. The molecule has 0 spiro atoms. The number of ether oxygens (including phenoxy) is 2. The summed E-state index contributed by atoms with van der Waals surface area (Å²) < 4.78 is 10.4. The van der Waals surface area contributed by atoms with Gasteiger partial charge in [0.15, 0.2) is 0 Å². The number of hydrogen-bond acceptors (Lipinski definition) is 4. The van der Waals surface area contributed by atoms with Gasteiger partial charge >= 0.3 is 0 Å². The average Bonchev–Trinajstić information content (AvgIpc) is 2.60. The third-order valence-electron chi connectivity index (χ3n) is 3.55. The molecule has 0 aliphatic carbocycles. The van der Waals surface area contributed by atoms with E-state index >= 15 is 0 Å². The molecule has 5 nitrogen and oxygen atoms in total. The van der Waals surface area contributed by atoms with Gasteiger partial charge in [-0.2, -0.15) is 0 Å². The quantitative estimate of drug-likeness (QED) is 0.825. The molecule has 1 atom stereocenters. The molecule has 0 aliphatic heterocycles. The Balaban J connectivity index is 1.92. The largest absolute Gasteiger partial charge is 0.497 e. The van der Waals surface area contributed by atoms with E-state index < -0.39 is 0 Å². The van der Waals surface area contributed by atoms with Crippen LogP contribution in [0, 0.1) is 0 Å². The van der Waals surface area contributed by atoms with Gasteiger partial charge in [0.2, 0.25) is 5.91 Å². The van der Waals surface area contributed by atoms with E-state index in [9.17, 15) is 4.79 Å². The van der Waals surface area contributed by atoms with E-state index in [1.54, 1.807) is 32.4 Å². The second-order valence-corrected chi connectivity index (χ2v) is 5.13. The fourth-order valence-corrected chi connectivity index (χ4v) is 2.20. The van der Waals surface area contributed by atoms with Crippen molar-refractivity contribution in [2.75, 3.05) is 26.1 Å². The molecule has 0 bridgehead atoms. The number of hydrogen-bond donors (Lipinski definition) is 2. The molecule has 0 saturated carbocycles. The number of nitrogens with one attached hydrogen (secondary N) is 2. The third-order valence-corrected chi connectivity index (χ3v) is 3.55. The number of rotatable bonds is 7. The second-order valence-electron chi connectivity index (χ2n) is 5.13. The van der Waals surface area contributed by atoms with Crippen LogP contribution in [0.4, 0.5) is 5.69 Å². The highest BCUT2D eigenvalue weighted by Gasteiger charge is 2.11. The minimum atomic E-state index is -0.128. The van der Waals surface area contributed by atoms with E-state index in [4.69, 9.17) is 9.47 Å². The van der Waals surface area contributed by atoms with Crippen molar-refractivity contribution in [3.05, 3.63) is 54.1 Å². The van der Waals surface area contributed by atoms with Crippen LogP contribution < -0.4 is 20.1 Å². The Hall–Kier alpha value is -2.53. The molecule has 0 radical (unpaired) electrons. The van der Waals surface area contributed by atoms with E-state index in [1.807, 2.05) is 37.3 Å². The Morgan fingerprint density at radius 1 is 1.09 bits per heavy atom. The summed E-state index contributed by atoms with van der Waals surface area (Å²) in [6, 6.07) is 15.4. The SMILES string of the molecule is COc1ccc(NC(=O)CN[C@H](C)c2ccccc2)c(OC)c1. The van der Waals surface area contributed by atoms with Crippen LogP contribution in [0.3, 0.4) is 0 Å². The summed E-state index contributed by atoms with van der Waals surface area (Å²) in [5, 5.41) is 6.04. The number of benzene rings is 2. The van der Waals surface area contributed by atoms with Crippen LogP contribution in [0.5, 0.6) is 11.5 Å². The van der Waals surface area contributed by atoms with Crippen molar-refractivity contribution < 1.29 is 14.3 Å². The standard InChI is InChI=1S/C18H22N2O3/c1-13(14-7-5-4-6-8-14)19-12-18(21)20-16-10-9-15(22-2)11-17(16)23-3/h4-11,13,19H,12H2,1-3H3,(H,20,21)/t13-/m1/s1. The molecule has 2 aromatic carbocycles. The van der Waals surface area contributed by atoms with Gasteiger partial charge in [0, 0.05) is 12.1 Å². The van der Waals surface area contributed by atoms with Crippen molar-refractivity contribution in [3.63, 3.8) is 0 Å². The van der Waals surface area contributed by atoms with Gasteiger partial charge in [0.05, 0.1) is 26.5 Å². The van der Waals surface area contributed by atoms with Crippen molar-refractivity contribution in [2.45, 2.75) is 13.0 Å². The van der Waals surface area contributed by atoms with Crippen LogP contribution in [0.15, 0.2) is 48.5 Å². The first-order valence-corrected chi connectivity index (χ1v) is 7.44. The zero-order valence-corrected chi connectivity index (χ0v) is 13.6. The summed E-state index contributed by atoms with van der Waals surface area (Å²) in [7, 11) is 3.14. The molecule has 2 N–H and O–H groups in total. The normalized spacial score (nSPS) is 11.6. The van der Waals surface area contributed by atoms with E-state index in [2.05, 4.69) is 10.6 Å². The number of carbonyl (C=O) groups is 1. The first-order valence-electron chi connectivity index (χ1n) is 7.44. The zero-order valence-electron chi connectivity index (χ0n) is 13.6. The van der Waals surface area contributed by atoms with Crippen LogP contribution >= 0.6 is 0 Å². The lowest BCUT2D eigenvalue weighted by Gasteiger charge is -2.15. The maximum absolute atomic E-state index is 12.1. The molecule has 2 aromatic rings. The first-order chi connectivity index (χ1) is 11.1. The van der Waals surface area contributed by atoms with Crippen LogP contribution in [0.1, 0.15) is 18.5 Å². The van der Waals surface area contributed by atoms with Crippen molar-refractivity contribution in [3.8, 4) is 11.5 Å². The highest BCUT2D eigenvalue weighted by molar-refractivity contribution is 5.93. The summed E-state index contributed by atoms with van der Waals surface area (Å²) in [4.78, 5) is 12.1. The molecule has 0 saturated heterocycles.